The molecule has 1 aliphatic rings. The number of allylic oxidation sites excluding steroid dienone is 1. The van der Waals surface area contributed by atoms with E-state index in [1.54, 1.807) is 0 Å². The lowest BCUT2D eigenvalue weighted by Gasteiger charge is -2.25. The summed E-state index contributed by atoms with van der Waals surface area (Å²) in [6.07, 6.45) is 4.42. The summed E-state index contributed by atoms with van der Waals surface area (Å²) in [6, 6.07) is 6.46. The van der Waals surface area contributed by atoms with E-state index in [-0.39, 0.29) is 6.04 Å². The summed E-state index contributed by atoms with van der Waals surface area (Å²) >= 11 is 7.08. The Morgan fingerprint density at radius 1 is 1.28 bits per heavy atom. The first kappa shape index (κ1) is 14.1. The van der Waals surface area contributed by atoms with Crippen molar-refractivity contribution in [2.24, 2.45) is 0 Å². The van der Waals surface area contributed by atoms with Gasteiger partial charge in [-0.25, -0.2) is 0 Å². The minimum absolute atomic E-state index is 0.143. The normalized spacial score (nSPS) is 16.9. The van der Waals surface area contributed by atoms with Crippen LogP contribution in [0.3, 0.4) is 0 Å². The monoisotopic (exact) mass is 373 g/mol. The van der Waals surface area contributed by atoms with Crippen LogP contribution in [-0.2, 0) is 4.74 Å². The lowest BCUT2D eigenvalue weighted by Crippen LogP contribution is -2.25. The van der Waals surface area contributed by atoms with Gasteiger partial charge in [-0.1, -0.05) is 38.8 Å². The molecule has 0 bridgehead atoms. The Hall–Kier alpha value is -0.320. The highest BCUT2D eigenvalue weighted by molar-refractivity contribution is 9.11. The van der Waals surface area contributed by atoms with Gasteiger partial charge in [-0.15, -0.1) is 0 Å². The third-order valence-electron chi connectivity index (χ3n) is 2.87. The smallest absolute Gasteiger partial charge is 0.113 e. The van der Waals surface area contributed by atoms with E-state index < -0.39 is 0 Å². The van der Waals surface area contributed by atoms with Gasteiger partial charge in [0.1, 0.15) is 5.76 Å². The molecule has 0 amide bonds. The Bertz CT molecular complexity index is 425. The fourth-order valence-corrected chi connectivity index (χ4v) is 3.44. The van der Waals surface area contributed by atoms with E-state index in [4.69, 9.17) is 4.74 Å². The zero-order chi connectivity index (χ0) is 13.0. The molecule has 1 heterocycles. The van der Waals surface area contributed by atoms with Gasteiger partial charge >= 0.3 is 0 Å². The van der Waals surface area contributed by atoms with Crippen molar-refractivity contribution in [2.45, 2.75) is 25.8 Å². The molecule has 2 rings (SSSR count). The van der Waals surface area contributed by atoms with Gasteiger partial charge in [-0.3, -0.25) is 0 Å². The molecule has 1 atom stereocenters. The summed E-state index contributed by atoms with van der Waals surface area (Å²) in [6.45, 7) is 3.85. The molecule has 0 aliphatic carbocycles. The summed E-state index contributed by atoms with van der Waals surface area (Å²) in [5.41, 5.74) is 1.21. The van der Waals surface area contributed by atoms with Gasteiger partial charge < -0.3 is 10.1 Å². The second-order valence-corrected chi connectivity index (χ2v) is 6.12. The Morgan fingerprint density at radius 3 is 2.56 bits per heavy atom. The summed E-state index contributed by atoms with van der Waals surface area (Å²) in [4.78, 5) is 0. The van der Waals surface area contributed by atoms with Crippen LogP contribution in [0.4, 0.5) is 0 Å². The van der Waals surface area contributed by atoms with Gasteiger partial charge in [-0.2, -0.15) is 0 Å². The van der Waals surface area contributed by atoms with E-state index in [9.17, 15) is 0 Å². The Labute approximate surface area is 125 Å². The molecule has 0 fully saturated rings. The van der Waals surface area contributed by atoms with Gasteiger partial charge in [0.2, 0.25) is 0 Å². The highest BCUT2D eigenvalue weighted by Crippen LogP contribution is 2.30. The molecule has 1 aromatic rings. The van der Waals surface area contributed by atoms with Crippen LogP contribution in [0.2, 0.25) is 0 Å². The zero-order valence-electron chi connectivity index (χ0n) is 10.4. The highest BCUT2D eigenvalue weighted by atomic mass is 79.9. The van der Waals surface area contributed by atoms with E-state index in [0.29, 0.717) is 0 Å². The Morgan fingerprint density at radius 2 is 2.00 bits per heavy atom. The van der Waals surface area contributed by atoms with E-state index in [2.05, 4.69) is 62.3 Å². The molecule has 1 aliphatic heterocycles. The summed E-state index contributed by atoms with van der Waals surface area (Å²) in [7, 11) is 0. The van der Waals surface area contributed by atoms with Gasteiger partial charge in [0.15, 0.2) is 0 Å². The van der Waals surface area contributed by atoms with Crippen LogP contribution in [0, 0.1) is 0 Å². The third kappa shape index (κ3) is 3.59. The highest BCUT2D eigenvalue weighted by Gasteiger charge is 2.19. The van der Waals surface area contributed by atoms with Gasteiger partial charge in [0.05, 0.1) is 12.6 Å². The summed E-state index contributed by atoms with van der Waals surface area (Å²) in [5, 5.41) is 3.49. The fourth-order valence-electron chi connectivity index (χ4n) is 2.11. The molecule has 0 saturated carbocycles. The molecular formula is C14H17Br2NO. The van der Waals surface area contributed by atoms with Crippen LogP contribution in [0.25, 0.3) is 0 Å². The zero-order valence-corrected chi connectivity index (χ0v) is 13.6. The summed E-state index contributed by atoms with van der Waals surface area (Å²) in [5.74, 6) is 1.05. The van der Waals surface area contributed by atoms with Crippen molar-refractivity contribution in [2.75, 3.05) is 13.2 Å². The molecular weight excluding hydrogens is 358 g/mol. The van der Waals surface area contributed by atoms with E-state index >= 15 is 0 Å². The maximum absolute atomic E-state index is 5.79. The number of likely N-dealkylation sites (N-methyl/N-ethyl adjacent to an activating group) is 1. The fraction of sp³-hybridized carbons (Fsp3) is 0.429. The van der Waals surface area contributed by atoms with E-state index in [1.807, 2.05) is 6.07 Å². The SMILES string of the molecule is CCNC(C1=CCCCO1)c1cc(Br)cc(Br)c1. The second-order valence-electron chi connectivity index (χ2n) is 4.29. The number of benzene rings is 1. The maximum atomic E-state index is 5.79. The minimum atomic E-state index is 0.143. The molecule has 0 aromatic heterocycles. The van der Waals surface area contributed by atoms with Crippen LogP contribution in [0.15, 0.2) is 39.0 Å². The van der Waals surface area contributed by atoms with Crippen molar-refractivity contribution < 1.29 is 4.74 Å². The van der Waals surface area contributed by atoms with Gasteiger partial charge in [0, 0.05) is 8.95 Å². The van der Waals surface area contributed by atoms with E-state index in [0.717, 1.165) is 40.7 Å². The van der Waals surface area contributed by atoms with Crippen molar-refractivity contribution in [1.82, 2.24) is 5.32 Å². The predicted octanol–water partition coefficient (Wildman–Crippen LogP) is 4.56. The quantitative estimate of drug-likeness (QED) is 0.834. The average molecular weight is 375 g/mol. The molecule has 98 valence electrons. The second kappa shape index (κ2) is 6.73. The lowest BCUT2D eigenvalue weighted by atomic mass is 10.0. The topological polar surface area (TPSA) is 21.3 Å². The number of hydrogen-bond acceptors (Lipinski definition) is 2. The first-order valence-corrected chi connectivity index (χ1v) is 7.81. The van der Waals surface area contributed by atoms with Crippen molar-refractivity contribution >= 4 is 31.9 Å². The predicted molar refractivity (Wildman–Crippen MR) is 81.5 cm³/mol. The molecule has 18 heavy (non-hydrogen) atoms. The van der Waals surface area contributed by atoms with Gasteiger partial charge in [-0.05, 0) is 49.2 Å². The molecule has 1 unspecified atom stereocenters. The molecule has 0 radical (unpaired) electrons. The summed E-state index contributed by atoms with van der Waals surface area (Å²) < 4.78 is 7.95. The minimum Gasteiger partial charge on any atom is -0.496 e. The molecule has 1 N–H and O–H groups in total. The van der Waals surface area contributed by atoms with Crippen molar-refractivity contribution in [1.29, 1.82) is 0 Å². The number of nitrogens with one attached hydrogen (secondary N) is 1. The molecule has 0 saturated heterocycles. The number of halogens is 2. The van der Waals surface area contributed by atoms with Crippen LogP contribution in [0.5, 0.6) is 0 Å². The molecule has 0 spiro atoms. The van der Waals surface area contributed by atoms with Crippen molar-refractivity contribution in [3.8, 4) is 0 Å². The third-order valence-corrected chi connectivity index (χ3v) is 3.79. The van der Waals surface area contributed by atoms with E-state index in [1.165, 1.54) is 5.56 Å². The lowest BCUT2D eigenvalue weighted by molar-refractivity contribution is 0.168. The molecule has 2 nitrogen and oxygen atoms in total. The number of hydrogen-bond donors (Lipinski definition) is 1. The first-order chi connectivity index (χ1) is 8.70. The molecule has 1 aromatic carbocycles. The van der Waals surface area contributed by atoms with Crippen molar-refractivity contribution in [3.63, 3.8) is 0 Å². The molecule has 4 heteroatoms. The maximum Gasteiger partial charge on any atom is 0.113 e. The largest absolute Gasteiger partial charge is 0.496 e. The van der Waals surface area contributed by atoms with Crippen LogP contribution in [-0.4, -0.2) is 13.2 Å². The first-order valence-electron chi connectivity index (χ1n) is 6.23. The van der Waals surface area contributed by atoms with Crippen molar-refractivity contribution in [3.05, 3.63) is 44.5 Å². The standard InChI is InChI=1S/C14H17Br2NO/c1-2-17-14(13-5-3-4-6-18-13)10-7-11(15)9-12(16)8-10/h5,7-9,14,17H,2-4,6H2,1H3. The van der Waals surface area contributed by atoms with Crippen LogP contribution in [0.1, 0.15) is 31.4 Å². The number of rotatable bonds is 4. The van der Waals surface area contributed by atoms with Crippen LogP contribution >= 0.6 is 31.9 Å². The Kier molecular flexibility index (Phi) is 5.27. The Balaban J connectivity index is 2.31. The average Bonchev–Trinajstić information content (AvgIpc) is 2.36. The van der Waals surface area contributed by atoms with Crippen LogP contribution < -0.4 is 5.32 Å². The van der Waals surface area contributed by atoms with Gasteiger partial charge in [0.25, 0.3) is 0 Å². The number of ether oxygens (including phenoxy) is 1.